The lowest BCUT2D eigenvalue weighted by Crippen LogP contribution is -2.25. The Morgan fingerprint density at radius 2 is 0.806 bits per heavy atom. The van der Waals surface area contributed by atoms with Crippen LogP contribution in [0.15, 0.2) is 0 Å². The molecule has 4 heteroatoms. The predicted octanol–water partition coefficient (Wildman–Crippen LogP) is 9.26. The van der Waals surface area contributed by atoms with Crippen LogP contribution >= 0.6 is 0 Å². The van der Waals surface area contributed by atoms with Crippen LogP contribution in [0.25, 0.3) is 0 Å². The van der Waals surface area contributed by atoms with Crippen molar-refractivity contribution in [2.45, 2.75) is 175 Å². The molecule has 0 bridgehead atoms. The monoisotopic (exact) mass is 508 g/mol. The lowest BCUT2D eigenvalue weighted by Gasteiger charge is -2.07. The molecular formula is C32H64N2O2. The van der Waals surface area contributed by atoms with Crippen molar-refractivity contribution in [3.8, 4) is 0 Å². The highest BCUT2D eigenvalue weighted by Crippen LogP contribution is 2.14. The molecule has 0 aromatic heterocycles. The minimum atomic E-state index is 0.177. The zero-order valence-electron chi connectivity index (χ0n) is 24.8. The first kappa shape index (κ1) is 34.9. The summed E-state index contributed by atoms with van der Waals surface area (Å²) in [6, 6.07) is 0. The highest BCUT2D eigenvalue weighted by molar-refractivity contribution is 5.76. The zero-order valence-corrected chi connectivity index (χ0v) is 24.8. The molecule has 0 fully saturated rings. The van der Waals surface area contributed by atoms with Crippen molar-refractivity contribution in [3.63, 3.8) is 0 Å². The third-order valence-corrected chi connectivity index (χ3v) is 7.19. The predicted molar refractivity (Wildman–Crippen MR) is 157 cm³/mol. The Morgan fingerprint density at radius 3 is 1.19 bits per heavy atom. The van der Waals surface area contributed by atoms with Gasteiger partial charge in [0.1, 0.15) is 0 Å². The Balaban J connectivity index is 3.26. The van der Waals surface area contributed by atoms with E-state index in [0.29, 0.717) is 12.8 Å². The van der Waals surface area contributed by atoms with E-state index in [0.717, 1.165) is 51.1 Å². The van der Waals surface area contributed by atoms with Crippen LogP contribution in [0, 0.1) is 5.92 Å². The molecule has 0 aromatic carbocycles. The summed E-state index contributed by atoms with van der Waals surface area (Å²) < 4.78 is 0. The third-order valence-electron chi connectivity index (χ3n) is 7.19. The van der Waals surface area contributed by atoms with E-state index in [2.05, 4.69) is 31.4 Å². The van der Waals surface area contributed by atoms with Gasteiger partial charge in [-0.05, 0) is 31.6 Å². The van der Waals surface area contributed by atoms with Gasteiger partial charge in [0.15, 0.2) is 0 Å². The highest BCUT2D eigenvalue weighted by Gasteiger charge is 2.03. The van der Waals surface area contributed by atoms with Crippen LogP contribution in [0.3, 0.4) is 0 Å². The SMILES string of the molecule is CCCCCCCCCCCCCCCCCC(=O)NCCCCCC(=O)NCCCCCC(C)C. The fourth-order valence-corrected chi connectivity index (χ4v) is 4.73. The maximum Gasteiger partial charge on any atom is 0.219 e. The molecule has 36 heavy (non-hydrogen) atoms. The van der Waals surface area contributed by atoms with Crippen LogP contribution in [0.1, 0.15) is 175 Å². The van der Waals surface area contributed by atoms with Gasteiger partial charge < -0.3 is 10.6 Å². The molecule has 0 unspecified atom stereocenters. The number of hydrogen-bond acceptors (Lipinski definition) is 2. The van der Waals surface area contributed by atoms with E-state index < -0.39 is 0 Å². The van der Waals surface area contributed by atoms with E-state index in [4.69, 9.17) is 0 Å². The molecule has 0 heterocycles. The van der Waals surface area contributed by atoms with Gasteiger partial charge in [-0.2, -0.15) is 0 Å². The third kappa shape index (κ3) is 29.2. The van der Waals surface area contributed by atoms with E-state index in [1.54, 1.807) is 0 Å². The van der Waals surface area contributed by atoms with E-state index in [1.165, 1.54) is 109 Å². The summed E-state index contributed by atoms with van der Waals surface area (Å²) in [5.74, 6) is 1.15. The number of carbonyl (C=O) groups excluding carboxylic acids is 2. The summed E-state index contributed by atoms with van der Waals surface area (Å²) >= 11 is 0. The van der Waals surface area contributed by atoms with Gasteiger partial charge in [0.05, 0.1) is 0 Å². The molecule has 4 nitrogen and oxygen atoms in total. The molecule has 0 spiro atoms. The summed E-state index contributed by atoms with van der Waals surface area (Å²) in [6.07, 6.45) is 29.3. The van der Waals surface area contributed by atoms with E-state index in [1.807, 2.05) is 0 Å². The van der Waals surface area contributed by atoms with Crippen molar-refractivity contribution in [2.75, 3.05) is 13.1 Å². The second-order valence-corrected chi connectivity index (χ2v) is 11.5. The van der Waals surface area contributed by atoms with Crippen molar-refractivity contribution in [2.24, 2.45) is 5.92 Å². The van der Waals surface area contributed by atoms with Crippen molar-refractivity contribution < 1.29 is 9.59 Å². The number of rotatable bonds is 28. The molecule has 0 aliphatic rings. The van der Waals surface area contributed by atoms with E-state index >= 15 is 0 Å². The smallest absolute Gasteiger partial charge is 0.219 e. The number of carbonyl (C=O) groups is 2. The molecule has 0 radical (unpaired) electrons. The quantitative estimate of drug-likeness (QED) is 0.103. The first-order valence-electron chi connectivity index (χ1n) is 16.1. The molecule has 0 saturated carbocycles. The summed E-state index contributed by atoms with van der Waals surface area (Å²) in [7, 11) is 0. The molecule has 214 valence electrons. The van der Waals surface area contributed by atoms with Crippen molar-refractivity contribution in [3.05, 3.63) is 0 Å². The maximum absolute atomic E-state index is 12.0. The van der Waals surface area contributed by atoms with Gasteiger partial charge in [0, 0.05) is 25.9 Å². The van der Waals surface area contributed by atoms with Crippen molar-refractivity contribution in [1.82, 2.24) is 10.6 Å². The molecule has 2 amide bonds. The average molecular weight is 509 g/mol. The molecule has 0 atom stereocenters. The molecule has 0 aromatic rings. The minimum absolute atomic E-state index is 0.177. The van der Waals surface area contributed by atoms with Crippen LogP contribution in [0.4, 0.5) is 0 Å². The number of hydrogen-bond donors (Lipinski definition) is 2. The largest absolute Gasteiger partial charge is 0.356 e. The average Bonchev–Trinajstić information content (AvgIpc) is 2.85. The second kappa shape index (κ2) is 28.5. The summed E-state index contributed by atoms with van der Waals surface area (Å²) in [6.45, 7) is 8.36. The fourth-order valence-electron chi connectivity index (χ4n) is 4.73. The van der Waals surface area contributed by atoms with Crippen LogP contribution in [0.5, 0.6) is 0 Å². The molecule has 0 aliphatic heterocycles. The highest BCUT2D eigenvalue weighted by atomic mass is 16.2. The summed E-state index contributed by atoms with van der Waals surface area (Å²) in [5, 5.41) is 6.08. The van der Waals surface area contributed by atoms with Gasteiger partial charge in [-0.25, -0.2) is 0 Å². The molecule has 0 rings (SSSR count). The minimum Gasteiger partial charge on any atom is -0.356 e. The van der Waals surface area contributed by atoms with Gasteiger partial charge in [-0.3, -0.25) is 9.59 Å². The van der Waals surface area contributed by atoms with Gasteiger partial charge in [0.25, 0.3) is 0 Å². The molecule has 2 N–H and O–H groups in total. The lowest BCUT2D eigenvalue weighted by atomic mass is 10.0. The van der Waals surface area contributed by atoms with Crippen LogP contribution in [0.2, 0.25) is 0 Å². The standard InChI is InChI=1S/C32H64N2O2/c1-4-5-6-7-8-9-10-11-12-13-14-15-16-17-21-26-31(35)34-29-24-19-22-27-32(36)33-28-23-18-20-25-30(2)3/h30H,4-29H2,1-3H3,(H,33,36)(H,34,35). The lowest BCUT2D eigenvalue weighted by molar-refractivity contribution is -0.122. The van der Waals surface area contributed by atoms with Gasteiger partial charge >= 0.3 is 0 Å². The van der Waals surface area contributed by atoms with Crippen LogP contribution in [-0.4, -0.2) is 24.9 Å². The summed E-state index contributed by atoms with van der Waals surface area (Å²) in [5.41, 5.74) is 0. The number of nitrogens with one attached hydrogen (secondary N) is 2. The first-order valence-corrected chi connectivity index (χ1v) is 16.1. The zero-order chi connectivity index (χ0) is 26.5. The Labute approximate surface area is 225 Å². The Hall–Kier alpha value is -1.06. The second-order valence-electron chi connectivity index (χ2n) is 11.5. The van der Waals surface area contributed by atoms with Crippen molar-refractivity contribution in [1.29, 1.82) is 0 Å². The maximum atomic E-state index is 12.0. The normalized spacial score (nSPS) is 11.2. The van der Waals surface area contributed by atoms with Crippen LogP contribution in [-0.2, 0) is 9.59 Å². The van der Waals surface area contributed by atoms with Crippen LogP contribution < -0.4 is 10.6 Å². The Morgan fingerprint density at radius 1 is 0.472 bits per heavy atom. The topological polar surface area (TPSA) is 58.2 Å². The fraction of sp³-hybridized carbons (Fsp3) is 0.938. The van der Waals surface area contributed by atoms with E-state index in [9.17, 15) is 9.59 Å². The summed E-state index contributed by atoms with van der Waals surface area (Å²) in [4.78, 5) is 23.8. The first-order chi connectivity index (χ1) is 17.6. The molecule has 0 aliphatic carbocycles. The number of amides is 2. The van der Waals surface area contributed by atoms with Gasteiger partial charge in [0.2, 0.25) is 11.8 Å². The van der Waals surface area contributed by atoms with E-state index in [-0.39, 0.29) is 11.8 Å². The van der Waals surface area contributed by atoms with Gasteiger partial charge in [-0.15, -0.1) is 0 Å². The molecular weight excluding hydrogens is 444 g/mol. The van der Waals surface area contributed by atoms with Crippen molar-refractivity contribution >= 4 is 11.8 Å². The number of unbranched alkanes of at least 4 members (excludes halogenated alkanes) is 18. The molecule has 0 saturated heterocycles. The Kier molecular flexibility index (Phi) is 27.7. The van der Waals surface area contributed by atoms with Gasteiger partial charge in [-0.1, -0.05) is 136 Å². The Bertz CT molecular complexity index is 479.